The Hall–Kier alpha value is -2.64. The van der Waals surface area contributed by atoms with Crippen LogP contribution in [0, 0.1) is 6.92 Å². The molecule has 1 aromatic carbocycles. The van der Waals surface area contributed by atoms with Gasteiger partial charge in [0.2, 0.25) is 0 Å². The maximum Gasteiger partial charge on any atom is 0.191 e. The van der Waals surface area contributed by atoms with E-state index in [4.69, 9.17) is 4.98 Å². The van der Waals surface area contributed by atoms with Gasteiger partial charge in [-0.2, -0.15) is 0 Å². The molecule has 0 saturated carbocycles. The average Bonchev–Trinajstić information content (AvgIpc) is 3.44. The van der Waals surface area contributed by atoms with Crippen molar-refractivity contribution in [2.45, 2.75) is 30.8 Å². The number of thiazole rings is 1. The second kappa shape index (κ2) is 8.80. The predicted octanol–water partition coefficient (Wildman–Crippen LogP) is 5.12. The molecule has 0 aliphatic rings. The van der Waals surface area contributed by atoms with Gasteiger partial charge in [-0.25, -0.2) is 4.98 Å². The molecule has 5 nitrogen and oxygen atoms in total. The van der Waals surface area contributed by atoms with Gasteiger partial charge in [-0.3, -0.25) is 0 Å². The van der Waals surface area contributed by atoms with E-state index in [-0.39, 0.29) is 0 Å². The number of aryl methyl sites for hydroxylation is 2. The summed E-state index contributed by atoms with van der Waals surface area (Å²) in [6.07, 6.45) is 4.69. The largest absolute Gasteiger partial charge is 0.354 e. The van der Waals surface area contributed by atoms with Gasteiger partial charge < -0.3 is 9.13 Å². The van der Waals surface area contributed by atoms with Crippen molar-refractivity contribution in [1.82, 2.24) is 24.3 Å². The Morgan fingerprint density at radius 1 is 1.17 bits per heavy atom. The third kappa shape index (κ3) is 4.52. The molecule has 0 aliphatic heterocycles. The Morgan fingerprint density at radius 3 is 2.72 bits per heavy atom. The van der Waals surface area contributed by atoms with Gasteiger partial charge in [0.05, 0.1) is 5.69 Å². The first-order valence-electron chi connectivity index (χ1n) is 9.41. The highest BCUT2D eigenvalue weighted by Crippen LogP contribution is 2.28. The van der Waals surface area contributed by atoms with E-state index in [0.717, 1.165) is 39.4 Å². The number of nitrogens with zero attached hydrogens (tertiary/aromatic N) is 5. The van der Waals surface area contributed by atoms with Crippen LogP contribution in [0.4, 0.5) is 0 Å². The van der Waals surface area contributed by atoms with Crippen LogP contribution in [-0.4, -0.2) is 24.3 Å². The van der Waals surface area contributed by atoms with E-state index >= 15 is 0 Å². The molecular formula is C22H23N5S2. The summed E-state index contributed by atoms with van der Waals surface area (Å²) in [4.78, 5) is 4.80. The van der Waals surface area contributed by atoms with E-state index in [1.54, 1.807) is 23.1 Å². The molecule has 0 bridgehead atoms. The molecule has 3 aromatic heterocycles. The lowest BCUT2D eigenvalue weighted by atomic mass is 10.2. The fraction of sp³-hybridized carbons (Fsp3) is 0.227. The Kier molecular flexibility index (Phi) is 5.97. The van der Waals surface area contributed by atoms with Crippen LogP contribution in [0.2, 0.25) is 0 Å². The molecule has 0 radical (unpaired) electrons. The maximum absolute atomic E-state index is 4.80. The van der Waals surface area contributed by atoms with Crippen molar-refractivity contribution in [1.29, 1.82) is 0 Å². The zero-order valence-corrected chi connectivity index (χ0v) is 18.2. The number of thioether (sulfide) groups is 1. The topological polar surface area (TPSA) is 48.5 Å². The molecule has 0 saturated heterocycles. The molecule has 0 fully saturated rings. The molecule has 3 heterocycles. The molecule has 4 aromatic rings. The summed E-state index contributed by atoms with van der Waals surface area (Å²) in [6.45, 7) is 6.68. The Bertz CT molecular complexity index is 1100. The van der Waals surface area contributed by atoms with Crippen molar-refractivity contribution < 1.29 is 0 Å². The van der Waals surface area contributed by atoms with E-state index in [0.29, 0.717) is 6.54 Å². The van der Waals surface area contributed by atoms with Gasteiger partial charge in [-0.15, -0.1) is 28.1 Å². The summed E-state index contributed by atoms with van der Waals surface area (Å²) < 4.78 is 4.25. The molecule has 4 rings (SSSR count). The minimum atomic E-state index is 0.695. The Balaban J connectivity index is 1.47. The smallest absolute Gasteiger partial charge is 0.191 e. The highest BCUT2D eigenvalue weighted by molar-refractivity contribution is 7.98. The van der Waals surface area contributed by atoms with Gasteiger partial charge in [-0.1, -0.05) is 47.7 Å². The van der Waals surface area contributed by atoms with Crippen LogP contribution in [0.3, 0.4) is 0 Å². The molecular weight excluding hydrogens is 398 g/mol. The number of rotatable bonds is 8. The van der Waals surface area contributed by atoms with Crippen LogP contribution in [0.5, 0.6) is 0 Å². The first-order valence-corrected chi connectivity index (χ1v) is 11.3. The molecule has 0 N–H and O–H groups in total. The molecule has 0 atom stereocenters. The van der Waals surface area contributed by atoms with Crippen LogP contribution in [0.1, 0.15) is 22.8 Å². The van der Waals surface area contributed by atoms with Crippen LogP contribution in [0.25, 0.3) is 10.6 Å². The van der Waals surface area contributed by atoms with Crippen molar-refractivity contribution in [3.8, 4) is 10.6 Å². The van der Waals surface area contributed by atoms with Crippen molar-refractivity contribution in [3.63, 3.8) is 0 Å². The standard InChI is InChI=1S/C22H23N5S2/c1-4-11-27-20(13-19-6-5-12-26(19)3)24-25-22(27)29-15-18-14-28-21(23-18)17-9-7-16(2)8-10-17/h4-10,12,14H,1,11,13,15H2,2-3H3. The fourth-order valence-corrected chi connectivity index (χ4v) is 4.84. The van der Waals surface area contributed by atoms with E-state index in [9.17, 15) is 0 Å². The number of benzene rings is 1. The van der Waals surface area contributed by atoms with Crippen molar-refractivity contribution in [3.05, 3.63) is 83.4 Å². The van der Waals surface area contributed by atoms with E-state index in [2.05, 4.69) is 68.5 Å². The minimum absolute atomic E-state index is 0.695. The van der Waals surface area contributed by atoms with Crippen LogP contribution < -0.4 is 0 Å². The van der Waals surface area contributed by atoms with Gasteiger partial charge in [0, 0.05) is 48.6 Å². The third-order valence-corrected chi connectivity index (χ3v) is 6.64. The summed E-state index contributed by atoms with van der Waals surface area (Å²) in [5.41, 5.74) is 4.69. The number of aromatic nitrogens is 5. The van der Waals surface area contributed by atoms with Gasteiger partial charge >= 0.3 is 0 Å². The molecule has 0 amide bonds. The molecule has 0 aliphatic carbocycles. The summed E-state index contributed by atoms with van der Waals surface area (Å²) in [6, 6.07) is 12.7. The lowest BCUT2D eigenvalue weighted by molar-refractivity contribution is 0.681. The van der Waals surface area contributed by atoms with Crippen LogP contribution in [0.15, 0.2) is 65.8 Å². The Morgan fingerprint density at radius 2 is 2.00 bits per heavy atom. The van der Waals surface area contributed by atoms with Crippen LogP contribution in [-0.2, 0) is 25.8 Å². The highest BCUT2D eigenvalue weighted by Gasteiger charge is 2.14. The predicted molar refractivity (Wildman–Crippen MR) is 120 cm³/mol. The second-order valence-electron chi connectivity index (χ2n) is 6.88. The van der Waals surface area contributed by atoms with Gasteiger partial charge in [0.15, 0.2) is 5.16 Å². The van der Waals surface area contributed by atoms with Crippen molar-refractivity contribution in [2.24, 2.45) is 7.05 Å². The lowest BCUT2D eigenvalue weighted by Crippen LogP contribution is -2.06. The number of allylic oxidation sites excluding steroid dienone is 1. The molecule has 7 heteroatoms. The second-order valence-corrected chi connectivity index (χ2v) is 8.68. The number of hydrogen-bond acceptors (Lipinski definition) is 5. The van der Waals surface area contributed by atoms with Crippen molar-refractivity contribution in [2.75, 3.05) is 0 Å². The molecule has 29 heavy (non-hydrogen) atoms. The zero-order valence-electron chi connectivity index (χ0n) is 16.6. The van der Waals surface area contributed by atoms with Crippen LogP contribution >= 0.6 is 23.1 Å². The monoisotopic (exact) mass is 421 g/mol. The van der Waals surface area contributed by atoms with E-state index in [1.807, 2.05) is 25.4 Å². The summed E-state index contributed by atoms with van der Waals surface area (Å²) in [7, 11) is 2.05. The first-order chi connectivity index (χ1) is 14.1. The lowest BCUT2D eigenvalue weighted by Gasteiger charge is -2.08. The van der Waals surface area contributed by atoms with Crippen molar-refractivity contribution >= 4 is 23.1 Å². The summed E-state index contributed by atoms with van der Waals surface area (Å²) >= 11 is 3.35. The van der Waals surface area contributed by atoms with Gasteiger partial charge in [-0.05, 0) is 19.1 Å². The van der Waals surface area contributed by atoms with E-state index < -0.39 is 0 Å². The fourth-order valence-electron chi connectivity index (χ4n) is 3.05. The maximum atomic E-state index is 4.80. The quantitative estimate of drug-likeness (QED) is 0.293. The highest BCUT2D eigenvalue weighted by atomic mass is 32.2. The van der Waals surface area contributed by atoms with E-state index in [1.165, 1.54) is 11.3 Å². The van der Waals surface area contributed by atoms with Gasteiger partial charge in [0.1, 0.15) is 10.8 Å². The first kappa shape index (κ1) is 19.7. The summed E-state index contributed by atoms with van der Waals surface area (Å²) in [5.74, 6) is 1.72. The number of hydrogen-bond donors (Lipinski definition) is 0. The SMILES string of the molecule is C=CCn1c(Cc2cccn2C)nnc1SCc1csc(-c2ccc(C)cc2)n1. The molecule has 0 unspecified atom stereocenters. The zero-order chi connectivity index (χ0) is 20.2. The molecule has 0 spiro atoms. The molecule has 148 valence electrons. The summed E-state index contributed by atoms with van der Waals surface area (Å²) in [5, 5.41) is 12.9. The Labute approximate surface area is 179 Å². The normalized spacial score (nSPS) is 11.1. The average molecular weight is 422 g/mol. The minimum Gasteiger partial charge on any atom is -0.354 e. The third-order valence-electron chi connectivity index (χ3n) is 4.70. The van der Waals surface area contributed by atoms with Gasteiger partial charge in [0.25, 0.3) is 0 Å².